The van der Waals surface area contributed by atoms with Crippen molar-refractivity contribution in [2.24, 2.45) is 0 Å². The van der Waals surface area contributed by atoms with Gasteiger partial charge in [0.15, 0.2) is 0 Å². The summed E-state index contributed by atoms with van der Waals surface area (Å²) in [5, 5.41) is 17.9. The predicted octanol–water partition coefficient (Wildman–Crippen LogP) is 1.90. The SMILES string of the molecule is CC(O)CCN(C)Cc1cccc(C#N)c1F. The van der Waals surface area contributed by atoms with Crippen LogP contribution < -0.4 is 0 Å². The molecule has 0 aliphatic rings. The van der Waals surface area contributed by atoms with E-state index >= 15 is 0 Å². The summed E-state index contributed by atoms with van der Waals surface area (Å²) in [5.41, 5.74) is 0.587. The van der Waals surface area contributed by atoms with E-state index in [0.29, 0.717) is 25.1 Å². The van der Waals surface area contributed by atoms with E-state index in [2.05, 4.69) is 0 Å². The van der Waals surface area contributed by atoms with Crippen LogP contribution in [0.15, 0.2) is 18.2 Å². The first kappa shape index (κ1) is 13.6. The molecule has 0 aliphatic carbocycles. The molecule has 17 heavy (non-hydrogen) atoms. The summed E-state index contributed by atoms with van der Waals surface area (Å²) in [6.07, 6.45) is 0.295. The zero-order valence-corrected chi connectivity index (χ0v) is 10.2. The Labute approximate surface area is 101 Å². The molecule has 0 radical (unpaired) electrons. The van der Waals surface area contributed by atoms with Crippen LogP contribution >= 0.6 is 0 Å². The van der Waals surface area contributed by atoms with Gasteiger partial charge in [0.1, 0.15) is 11.9 Å². The Kier molecular flexibility index (Phi) is 5.08. The lowest BCUT2D eigenvalue weighted by molar-refractivity contribution is 0.162. The van der Waals surface area contributed by atoms with E-state index in [1.165, 1.54) is 6.07 Å². The quantitative estimate of drug-likeness (QED) is 0.849. The van der Waals surface area contributed by atoms with Gasteiger partial charge in [-0.25, -0.2) is 4.39 Å². The van der Waals surface area contributed by atoms with E-state index in [9.17, 15) is 4.39 Å². The fourth-order valence-electron chi connectivity index (χ4n) is 1.57. The second kappa shape index (κ2) is 6.33. The molecular formula is C13H17FN2O. The molecule has 0 spiro atoms. The Morgan fingerprint density at radius 3 is 2.82 bits per heavy atom. The summed E-state index contributed by atoms with van der Waals surface area (Å²) in [4.78, 5) is 1.92. The number of aliphatic hydroxyl groups is 1. The number of benzene rings is 1. The van der Waals surface area contributed by atoms with Crippen molar-refractivity contribution in [2.45, 2.75) is 26.0 Å². The Morgan fingerprint density at radius 1 is 1.53 bits per heavy atom. The second-order valence-electron chi connectivity index (χ2n) is 4.27. The summed E-state index contributed by atoms with van der Waals surface area (Å²) in [5.74, 6) is -0.445. The minimum absolute atomic E-state index is 0.0754. The van der Waals surface area contributed by atoms with Crippen LogP contribution in [-0.2, 0) is 6.54 Å². The molecule has 0 amide bonds. The second-order valence-corrected chi connectivity index (χ2v) is 4.27. The maximum Gasteiger partial charge on any atom is 0.145 e. The van der Waals surface area contributed by atoms with Gasteiger partial charge in [-0.05, 0) is 26.5 Å². The van der Waals surface area contributed by atoms with Crippen molar-refractivity contribution in [1.29, 1.82) is 5.26 Å². The number of nitriles is 1. The number of rotatable bonds is 5. The molecule has 0 saturated carbocycles. The van der Waals surface area contributed by atoms with E-state index in [1.807, 2.05) is 18.0 Å². The molecule has 0 aromatic heterocycles. The summed E-state index contributed by atoms with van der Waals surface area (Å²) >= 11 is 0. The minimum atomic E-state index is -0.445. The first-order valence-electron chi connectivity index (χ1n) is 5.58. The van der Waals surface area contributed by atoms with Crippen molar-refractivity contribution >= 4 is 0 Å². The van der Waals surface area contributed by atoms with Gasteiger partial charge in [0, 0.05) is 18.7 Å². The first-order valence-corrected chi connectivity index (χ1v) is 5.58. The van der Waals surface area contributed by atoms with Gasteiger partial charge in [0.25, 0.3) is 0 Å². The molecule has 1 unspecified atom stereocenters. The fraction of sp³-hybridized carbons (Fsp3) is 0.462. The summed E-state index contributed by atoms with van der Waals surface area (Å²) in [6, 6.07) is 6.65. The maximum absolute atomic E-state index is 13.7. The topological polar surface area (TPSA) is 47.3 Å². The van der Waals surface area contributed by atoms with Crippen molar-refractivity contribution in [3.05, 3.63) is 35.1 Å². The predicted molar refractivity (Wildman–Crippen MR) is 63.7 cm³/mol. The van der Waals surface area contributed by atoms with Crippen LogP contribution in [0, 0.1) is 17.1 Å². The third-order valence-corrected chi connectivity index (χ3v) is 2.57. The van der Waals surface area contributed by atoms with Crippen LogP contribution in [0.5, 0.6) is 0 Å². The van der Waals surface area contributed by atoms with Crippen LogP contribution in [0.4, 0.5) is 4.39 Å². The summed E-state index contributed by atoms with van der Waals surface area (Å²) in [7, 11) is 1.86. The fourth-order valence-corrected chi connectivity index (χ4v) is 1.57. The molecular weight excluding hydrogens is 219 g/mol. The van der Waals surface area contributed by atoms with Gasteiger partial charge in [-0.2, -0.15) is 5.26 Å². The number of aliphatic hydroxyl groups excluding tert-OH is 1. The summed E-state index contributed by atoms with van der Waals surface area (Å²) < 4.78 is 13.7. The lowest BCUT2D eigenvalue weighted by atomic mass is 10.1. The highest BCUT2D eigenvalue weighted by molar-refractivity contribution is 5.34. The molecule has 4 heteroatoms. The number of hydrogen-bond acceptors (Lipinski definition) is 3. The molecule has 1 N–H and O–H groups in total. The number of hydrogen-bond donors (Lipinski definition) is 1. The van der Waals surface area contributed by atoms with E-state index in [0.717, 1.165) is 0 Å². The molecule has 0 bridgehead atoms. The average Bonchev–Trinajstić information content (AvgIpc) is 2.29. The van der Waals surface area contributed by atoms with Gasteiger partial charge in [-0.1, -0.05) is 12.1 Å². The van der Waals surface area contributed by atoms with Crippen LogP contribution in [0.1, 0.15) is 24.5 Å². The van der Waals surface area contributed by atoms with Crippen molar-refractivity contribution in [1.82, 2.24) is 4.90 Å². The van der Waals surface area contributed by atoms with Gasteiger partial charge in [-0.15, -0.1) is 0 Å². The molecule has 1 aromatic carbocycles. The van der Waals surface area contributed by atoms with Crippen molar-refractivity contribution < 1.29 is 9.50 Å². The van der Waals surface area contributed by atoms with E-state index in [1.54, 1.807) is 19.1 Å². The minimum Gasteiger partial charge on any atom is -0.393 e. The van der Waals surface area contributed by atoms with E-state index < -0.39 is 5.82 Å². The van der Waals surface area contributed by atoms with Gasteiger partial charge < -0.3 is 10.0 Å². The van der Waals surface area contributed by atoms with Crippen LogP contribution in [0.25, 0.3) is 0 Å². The standard InChI is InChI=1S/C13H17FN2O/c1-10(17)6-7-16(2)9-12-5-3-4-11(8-15)13(12)14/h3-5,10,17H,6-7,9H2,1-2H3. The Morgan fingerprint density at radius 2 is 2.24 bits per heavy atom. The van der Waals surface area contributed by atoms with Crippen LogP contribution in [0.2, 0.25) is 0 Å². The Balaban J connectivity index is 2.66. The highest BCUT2D eigenvalue weighted by Crippen LogP contribution is 2.14. The maximum atomic E-state index is 13.7. The van der Waals surface area contributed by atoms with Crippen molar-refractivity contribution in [2.75, 3.05) is 13.6 Å². The molecule has 0 saturated heterocycles. The Hall–Kier alpha value is -1.44. The largest absolute Gasteiger partial charge is 0.393 e. The molecule has 0 fully saturated rings. The number of nitrogens with zero attached hydrogens (tertiary/aromatic N) is 2. The van der Waals surface area contributed by atoms with E-state index in [4.69, 9.17) is 10.4 Å². The summed E-state index contributed by atoms with van der Waals surface area (Å²) in [6.45, 7) is 2.85. The van der Waals surface area contributed by atoms with Crippen molar-refractivity contribution in [3.8, 4) is 6.07 Å². The van der Waals surface area contributed by atoms with Gasteiger partial charge in [-0.3, -0.25) is 0 Å². The van der Waals surface area contributed by atoms with E-state index in [-0.39, 0.29) is 11.7 Å². The lowest BCUT2D eigenvalue weighted by Gasteiger charge is -2.18. The molecule has 92 valence electrons. The monoisotopic (exact) mass is 236 g/mol. The zero-order chi connectivity index (χ0) is 12.8. The zero-order valence-electron chi connectivity index (χ0n) is 10.2. The first-order chi connectivity index (χ1) is 8.04. The third-order valence-electron chi connectivity index (χ3n) is 2.57. The van der Waals surface area contributed by atoms with Crippen molar-refractivity contribution in [3.63, 3.8) is 0 Å². The number of halogens is 1. The molecule has 1 rings (SSSR count). The highest BCUT2D eigenvalue weighted by atomic mass is 19.1. The molecule has 0 heterocycles. The average molecular weight is 236 g/mol. The molecule has 1 aromatic rings. The molecule has 3 nitrogen and oxygen atoms in total. The molecule has 0 aliphatic heterocycles. The van der Waals surface area contributed by atoms with Crippen LogP contribution in [-0.4, -0.2) is 29.7 Å². The highest BCUT2D eigenvalue weighted by Gasteiger charge is 2.10. The lowest BCUT2D eigenvalue weighted by Crippen LogP contribution is -2.22. The van der Waals surface area contributed by atoms with Gasteiger partial charge >= 0.3 is 0 Å². The Bertz CT molecular complexity index is 412. The van der Waals surface area contributed by atoms with Gasteiger partial charge in [0.05, 0.1) is 11.7 Å². The smallest absolute Gasteiger partial charge is 0.145 e. The molecule has 1 atom stereocenters. The van der Waals surface area contributed by atoms with Gasteiger partial charge in [0.2, 0.25) is 0 Å². The normalized spacial score (nSPS) is 12.5. The third kappa shape index (κ3) is 4.14. The van der Waals surface area contributed by atoms with Crippen LogP contribution in [0.3, 0.4) is 0 Å².